The van der Waals surface area contributed by atoms with Crippen LogP contribution in [0.5, 0.6) is 0 Å². The van der Waals surface area contributed by atoms with Crippen LogP contribution in [-0.2, 0) is 9.47 Å². The van der Waals surface area contributed by atoms with Gasteiger partial charge in [-0.3, -0.25) is 0 Å². The average Bonchev–Trinajstić information content (AvgIpc) is 2.81. The second-order valence-electron chi connectivity index (χ2n) is 3.89. The standard InChI is InChI=1S/C12H14ClNO3/c1-16-12(15)10-3-2-8(13)6-11(10)14-9-4-5-17-7-9/h2-3,6,9,14H,4-5,7H2,1H3. The molecule has 1 heterocycles. The van der Waals surface area contributed by atoms with Gasteiger partial charge in [-0.1, -0.05) is 11.6 Å². The van der Waals surface area contributed by atoms with Crippen molar-refractivity contribution in [2.45, 2.75) is 12.5 Å². The van der Waals surface area contributed by atoms with Crippen molar-refractivity contribution in [3.05, 3.63) is 28.8 Å². The predicted molar refractivity (Wildman–Crippen MR) is 65.6 cm³/mol. The van der Waals surface area contributed by atoms with Crippen molar-refractivity contribution >= 4 is 23.3 Å². The number of hydrogen-bond acceptors (Lipinski definition) is 4. The van der Waals surface area contributed by atoms with Crippen LogP contribution in [0.3, 0.4) is 0 Å². The summed E-state index contributed by atoms with van der Waals surface area (Å²) in [5, 5.41) is 3.84. The lowest BCUT2D eigenvalue weighted by atomic mass is 10.1. The molecule has 1 N–H and O–H groups in total. The Morgan fingerprint density at radius 1 is 1.59 bits per heavy atom. The number of esters is 1. The number of hydrogen-bond donors (Lipinski definition) is 1. The molecule has 0 bridgehead atoms. The van der Waals surface area contributed by atoms with E-state index >= 15 is 0 Å². The Bertz CT molecular complexity index is 416. The van der Waals surface area contributed by atoms with Crippen LogP contribution in [0.15, 0.2) is 18.2 Å². The highest BCUT2D eigenvalue weighted by Gasteiger charge is 2.19. The first kappa shape index (κ1) is 12.2. The van der Waals surface area contributed by atoms with Crippen molar-refractivity contribution in [2.75, 3.05) is 25.6 Å². The SMILES string of the molecule is COC(=O)c1ccc(Cl)cc1NC1CCOC1. The third-order valence-corrected chi connectivity index (χ3v) is 2.91. The monoisotopic (exact) mass is 255 g/mol. The number of rotatable bonds is 3. The maximum absolute atomic E-state index is 11.6. The van der Waals surface area contributed by atoms with Gasteiger partial charge in [0, 0.05) is 11.6 Å². The van der Waals surface area contributed by atoms with Crippen molar-refractivity contribution in [1.29, 1.82) is 0 Å². The number of anilines is 1. The molecular formula is C12H14ClNO3. The van der Waals surface area contributed by atoms with Crippen LogP contribution in [0.4, 0.5) is 5.69 Å². The van der Waals surface area contributed by atoms with E-state index in [2.05, 4.69) is 5.32 Å². The molecule has 5 heteroatoms. The first-order valence-electron chi connectivity index (χ1n) is 5.43. The molecule has 17 heavy (non-hydrogen) atoms. The Hall–Kier alpha value is -1.26. The molecule has 92 valence electrons. The quantitative estimate of drug-likeness (QED) is 0.842. The maximum atomic E-state index is 11.6. The van der Waals surface area contributed by atoms with Gasteiger partial charge in [0.05, 0.1) is 31.0 Å². The second kappa shape index (κ2) is 5.38. The fourth-order valence-electron chi connectivity index (χ4n) is 1.79. The lowest BCUT2D eigenvalue weighted by Gasteiger charge is -2.15. The smallest absolute Gasteiger partial charge is 0.339 e. The molecule has 1 aromatic carbocycles. The number of carbonyl (C=O) groups is 1. The van der Waals surface area contributed by atoms with Crippen LogP contribution in [0.1, 0.15) is 16.8 Å². The number of halogens is 1. The fourth-order valence-corrected chi connectivity index (χ4v) is 1.96. The highest BCUT2D eigenvalue weighted by atomic mass is 35.5. The minimum absolute atomic E-state index is 0.219. The third kappa shape index (κ3) is 2.90. The van der Waals surface area contributed by atoms with E-state index in [1.54, 1.807) is 18.2 Å². The Kier molecular flexibility index (Phi) is 3.86. The molecule has 1 unspecified atom stereocenters. The molecule has 0 aromatic heterocycles. The lowest BCUT2D eigenvalue weighted by Crippen LogP contribution is -2.21. The zero-order valence-corrected chi connectivity index (χ0v) is 10.3. The van der Waals surface area contributed by atoms with E-state index in [0.29, 0.717) is 22.9 Å². The van der Waals surface area contributed by atoms with Crippen LogP contribution in [0.2, 0.25) is 5.02 Å². The predicted octanol–water partition coefficient (Wildman–Crippen LogP) is 2.33. The minimum atomic E-state index is -0.372. The highest BCUT2D eigenvalue weighted by Crippen LogP contribution is 2.24. The maximum Gasteiger partial charge on any atom is 0.339 e. The highest BCUT2D eigenvalue weighted by molar-refractivity contribution is 6.31. The molecule has 1 aliphatic heterocycles. The number of benzene rings is 1. The van der Waals surface area contributed by atoms with Crippen molar-refractivity contribution in [1.82, 2.24) is 0 Å². The van der Waals surface area contributed by atoms with E-state index in [0.717, 1.165) is 13.0 Å². The van der Waals surface area contributed by atoms with Crippen molar-refractivity contribution in [3.8, 4) is 0 Å². The number of methoxy groups -OCH3 is 1. The summed E-state index contributed by atoms with van der Waals surface area (Å²) in [6.07, 6.45) is 0.924. The van der Waals surface area contributed by atoms with Gasteiger partial charge in [-0.15, -0.1) is 0 Å². The Labute approximate surface area is 105 Å². The summed E-state index contributed by atoms with van der Waals surface area (Å²) in [4.78, 5) is 11.6. The van der Waals surface area contributed by atoms with Gasteiger partial charge >= 0.3 is 5.97 Å². The summed E-state index contributed by atoms with van der Waals surface area (Å²) < 4.78 is 10.0. The zero-order valence-electron chi connectivity index (χ0n) is 9.53. The normalized spacial score (nSPS) is 19.1. The molecule has 0 radical (unpaired) electrons. The fraction of sp³-hybridized carbons (Fsp3) is 0.417. The van der Waals surface area contributed by atoms with Gasteiger partial charge < -0.3 is 14.8 Å². The number of ether oxygens (including phenoxy) is 2. The lowest BCUT2D eigenvalue weighted by molar-refractivity contribution is 0.0602. The molecule has 1 aliphatic rings. The average molecular weight is 256 g/mol. The van der Waals surface area contributed by atoms with E-state index < -0.39 is 0 Å². The van der Waals surface area contributed by atoms with Gasteiger partial charge in [0.15, 0.2) is 0 Å². The molecular weight excluding hydrogens is 242 g/mol. The van der Waals surface area contributed by atoms with E-state index in [-0.39, 0.29) is 12.0 Å². The molecule has 4 nitrogen and oxygen atoms in total. The van der Waals surface area contributed by atoms with Crippen molar-refractivity contribution in [3.63, 3.8) is 0 Å². The Morgan fingerprint density at radius 3 is 3.06 bits per heavy atom. The number of nitrogens with one attached hydrogen (secondary N) is 1. The molecule has 0 spiro atoms. The molecule has 0 amide bonds. The van der Waals surface area contributed by atoms with Gasteiger partial charge in [0.1, 0.15) is 0 Å². The van der Waals surface area contributed by atoms with Crippen molar-refractivity contribution in [2.24, 2.45) is 0 Å². The van der Waals surface area contributed by atoms with Crippen LogP contribution in [-0.4, -0.2) is 32.3 Å². The summed E-state index contributed by atoms with van der Waals surface area (Å²) in [5.41, 5.74) is 1.18. The van der Waals surface area contributed by atoms with E-state index in [4.69, 9.17) is 21.1 Å². The molecule has 1 atom stereocenters. The number of carbonyl (C=O) groups excluding carboxylic acids is 1. The molecule has 1 aromatic rings. The molecule has 2 rings (SSSR count). The summed E-state index contributed by atoms with van der Waals surface area (Å²) in [7, 11) is 1.36. The van der Waals surface area contributed by atoms with E-state index in [1.807, 2.05) is 0 Å². The third-order valence-electron chi connectivity index (χ3n) is 2.68. The molecule has 1 saturated heterocycles. The first-order valence-corrected chi connectivity index (χ1v) is 5.80. The van der Waals surface area contributed by atoms with Crippen LogP contribution in [0.25, 0.3) is 0 Å². The summed E-state index contributed by atoms with van der Waals surface area (Å²) in [6.45, 7) is 1.39. The van der Waals surface area contributed by atoms with Gasteiger partial charge in [-0.05, 0) is 24.6 Å². The summed E-state index contributed by atoms with van der Waals surface area (Å²) in [5.74, 6) is -0.372. The Morgan fingerprint density at radius 2 is 2.41 bits per heavy atom. The molecule has 0 saturated carbocycles. The first-order chi connectivity index (χ1) is 8.20. The minimum Gasteiger partial charge on any atom is -0.465 e. The Balaban J connectivity index is 2.22. The zero-order chi connectivity index (χ0) is 12.3. The van der Waals surface area contributed by atoms with Crippen molar-refractivity contribution < 1.29 is 14.3 Å². The molecule has 0 aliphatic carbocycles. The van der Waals surface area contributed by atoms with Gasteiger partial charge in [0.25, 0.3) is 0 Å². The van der Waals surface area contributed by atoms with Crippen LogP contribution in [0, 0.1) is 0 Å². The van der Waals surface area contributed by atoms with Gasteiger partial charge in [-0.2, -0.15) is 0 Å². The topological polar surface area (TPSA) is 47.6 Å². The molecule has 1 fully saturated rings. The summed E-state index contributed by atoms with van der Waals surface area (Å²) in [6, 6.07) is 5.28. The van der Waals surface area contributed by atoms with Gasteiger partial charge in [0.2, 0.25) is 0 Å². The van der Waals surface area contributed by atoms with Crippen LogP contribution >= 0.6 is 11.6 Å². The largest absolute Gasteiger partial charge is 0.465 e. The van der Waals surface area contributed by atoms with E-state index in [9.17, 15) is 4.79 Å². The second-order valence-corrected chi connectivity index (χ2v) is 4.32. The summed E-state index contributed by atoms with van der Waals surface area (Å²) >= 11 is 5.93. The van der Waals surface area contributed by atoms with Crippen LogP contribution < -0.4 is 5.32 Å². The van der Waals surface area contributed by atoms with E-state index in [1.165, 1.54) is 7.11 Å². The van der Waals surface area contributed by atoms with Gasteiger partial charge in [-0.25, -0.2) is 4.79 Å².